The van der Waals surface area contributed by atoms with Crippen molar-refractivity contribution in [2.45, 2.75) is 6.92 Å². The van der Waals surface area contributed by atoms with E-state index in [1.54, 1.807) is 48.5 Å². The van der Waals surface area contributed by atoms with Crippen molar-refractivity contribution in [3.63, 3.8) is 0 Å². The van der Waals surface area contributed by atoms with Crippen LogP contribution in [0.3, 0.4) is 0 Å². The number of hydrogen-bond donors (Lipinski definition) is 0. The van der Waals surface area contributed by atoms with E-state index in [9.17, 15) is 9.59 Å². The molecule has 0 saturated carbocycles. The van der Waals surface area contributed by atoms with E-state index in [0.29, 0.717) is 10.0 Å². The number of benzene rings is 2. The fraction of sp³-hybridized carbons (Fsp3) is 0.0588. The van der Waals surface area contributed by atoms with Crippen molar-refractivity contribution >= 4 is 35.1 Å². The third kappa shape index (κ3) is 4.84. The van der Waals surface area contributed by atoms with Crippen molar-refractivity contribution in [2.75, 3.05) is 0 Å². The molecule has 4 nitrogen and oxygen atoms in total. The van der Waals surface area contributed by atoms with Gasteiger partial charge in [-0.1, -0.05) is 47.5 Å². The molecule has 0 saturated heterocycles. The van der Waals surface area contributed by atoms with E-state index in [0.717, 1.165) is 6.08 Å². The van der Waals surface area contributed by atoms with Crippen LogP contribution in [0.2, 0.25) is 10.0 Å². The number of esters is 2. The lowest BCUT2D eigenvalue weighted by atomic mass is 10.3. The molecule has 2 rings (SSSR count). The van der Waals surface area contributed by atoms with E-state index >= 15 is 0 Å². The molecule has 0 atom stereocenters. The molecule has 0 aliphatic rings. The second-order valence-corrected chi connectivity index (χ2v) is 5.31. The summed E-state index contributed by atoms with van der Waals surface area (Å²) in [5, 5.41) is 0.595. The summed E-state index contributed by atoms with van der Waals surface area (Å²) in [6.45, 7) is 1.44. The van der Waals surface area contributed by atoms with Crippen LogP contribution in [0, 0.1) is 0 Å². The SMILES string of the molecule is CC(=CC(=O)Oc1ccccc1Cl)C(=O)Oc1ccccc1Cl. The Morgan fingerprint density at radius 2 is 1.35 bits per heavy atom. The van der Waals surface area contributed by atoms with Gasteiger partial charge in [0, 0.05) is 11.6 Å². The largest absolute Gasteiger partial charge is 0.422 e. The topological polar surface area (TPSA) is 52.6 Å². The third-order valence-corrected chi connectivity index (χ3v) is 3.37. The van der Waals surface area contributed by atoms with Crippen LogP contribution in [-0.4, -0.2) is 11.9 Å². The summed E-state index contributed by atoms with van der Waals surface area (Å²) in [5.74, 6) is -1.00. The molecule has 2 aromatic rings. The number of ether oxygens (including phenoxy) is 2. The lowest BCUT2D eigenvalue weighted by Gasteiger charge is -2.06. The molecule has 23 heavy (non-hydrogen) atoms. The summed E-state index contributed by atoms with van der Waals surface area (Å²) < 4.78 is 10.2. The molecule has 6 heteroatoms. The Morgan fingerprint density at radius 1 is 0.870 bits per heavy atom. The minimum absolute atomic E-state index is 0.0713. The van der Waals surface area contributed by atoms with Gasteiger partial charge >= 0.3 is 11.9 Å². The van der Waals surface area contributed by atoms with E-state index < -0.39 is 11.9 Å². The van der Waals surface area contributed by atoms with Crippen molar-refractivity contribution in [1.82, 2.24) is 0 Å². The highest BCUT2D eigenvalue weighted by Crippen LogP contribution is 2.25. The van der Waals surface area contributed by atoms with Crippen LogP contribution >= 0.6 is 23.2 Å². The van der Waals surface area contributed by atoms with Crippen molar-refractivity contribution < 1.29 is 19.1 Å². The maximum Gasteiger partial charge on any atom is 0.339 e. The van der Waals surface area contributed by atoms with Crippen molar-refractivity contribution in [2.24, 2.45) is 0 Å². The van der Waals surface area contributed by atoms with Gasteiger partial charge in [0.15, 0.2) is 0 Å². The van der Waals surface area contributed by atoms with Gasteiger partial charge in [0.25, 0.3) is 0 Å². The normalized spacial score (nSPS) is 11.0. The number of carbonyl (C=O) groups is 2. The van der Waals surface area contributed by atoms with Crippen molar-refractivity contribution in [3.05, 3.63) is 70.2 Å². The summed E-state index contributed by atoms with van der Waals surface area (Å²) in [4.78, 5) is 23.7. The lowest BCUT2D eigenvalue weighted by Crippen LogP contribution is -2.13. The maximum atomic E-state index is 11.9. The first-order valence-electron chi connectivity index (χ1n) is 6.58. The Bertz CT molecular complexity index is 769. The predicted octanol–water partition coefficient (Wildman–Crippen LogP) is 4.45. The van der Waals surface area contributed by atoms with Gasteiger partial charge in [0.1, 0.15) is 11.5 Å². The molecule has 2 aromatic carbocycles. The first-order chi connectivity index (χ1) is 11.0. The fourth-order valence-electron chi connectivity index (χ4n) is 1.61. The van der Waals surface area contributed by atoms with Crippen molar-refractivity contribution in [1.29, 1.82) is 0 Å². The molecule has 0 unspecified atom stereocenters. The fourth-order valence-corrected chi connectivity index (χ4v) is 1.96. The Morgan fingerprint density at radius 3 is 1.87 bits per heavy atom. The van der Waals surface area contributed by atoms with Crippen LogP contribution in [0.5, 0.6) is 11.5 Å². The zero-order valence-electron chi connectivity index (χ0n) is 12.1. The monoisotopic (exact) mass is 350 g/mol. The summed E-state index contributed by atoms with van der Waals surface area (Å²) in [7, 11) is 0. The highest BCUT2D eigenvalue weighted by Gasteiger charge is 2.13. The van der Waals surface area contributed by atoms with Crippen LogP contribution < -0.4 is 9.47 Å². The molecule has 0 radical (unpaired) electrons. The zero-order valence-corrected chi connectivity index (χ0v) is 13.6. The summed E-state index contributed by atoms with van der Waals surface area (Å²) in [6, 6.07) is 13.1. The number of halogens is 2. The second kappa shape index (κ2) is 7.81. The molecule has 0 spiro atoms. The molecule has 118 valence electrons. The molecule has 0 amide bonds. The molecule has 0 aliphatic carbocycles. The average Bonchev–Trinajstić information content (AvgIpc) is 2.51. The predicted molar refractivity (Wildman–Crippen MR) is 87.9 cm³/mol. The van der Waals surface area contributed by atoms with Gasteiger partial charge in [0.2, 0.25) is 0 Å². The minimum atomic E-state index is -0.730. The molecule has 0 aliphatic heterocycles. The zero-order chi connectivity index (χ0) is 16.8. The van der Waals surface area contributed by atoms with Gasteiger partial charge in [-0.05, 0) is 31.2 Å². The quantitative estimate of drug-likeness (QED) is 0.464. The Labute approximate surface area is 143 Å². The number of hydrogen-bond acceptors (Lipinski definition) is 4. The minimum Gasteiger partial charge on any atom is -0.422 e. The Kier molecular flexibility index (Phi) is 5.79. The van der Waals surface area contributed by atoms with Gasteiger partial charge in [-0.3, -0.25) is 0 Å². The molecule has 0 bridgehead atoms. The number of carbonyl (C=O) groups excluding carboxylic acids is 2. The second-order valence-electron chi connectivity index (χ2n) is 4.50. The first kappa shape index (κ1) is 17.1. The van der Waals surface area contributed by atoms with Gasteiger partial charge in [-0.2, -0.15) is 0 Å². The van der Waals surface area contributed by atoms with E-state index in [1.807, 2.05) is 0 Å². The molecular weight excluding hydrogens is 339 g/mol. The van der Waals surface area contributed by atoms with E-state index in [4.69, 9.17) is 32.7 Å². The first-order valence-corrected chi connectivity index (χ1v) is 7.34. The average molecular weight is 351 g/mol. The van der Waals surface area contributed by atoms with Crippen LogP contribution in [0.15, 0.2) is 60.2 Å². The standard InChI is InChI=1S/C17H12Cl2O4/c1-11(17(21)23-15-9-5-3-7-13(15)19)10-16(20)22-14-8-4-2-6-12(14)18/h2-10H,1H3. The van der Waals surface area contributed by atoms with E-state index in [-0.39, 0.29) is 17.1 Å². The van der Waals surface area contributed by atoms with Crippen LogP contribution in [-0.2, 0) is 9.59 Å². The molecular formula is C17H12Cl2O4. The van der Waals surface area contributed by atoms with Crippen LogP contribution in [0.4, 0.5) is 0 Å². The van der Waals surface area contributed by atoms with E-state index in [1.165, 1.54) is 6.92 Å². The van der Waals surface area contributed by atoms with E-state index in [2.05, 4.69) is 0 Å². The van der Waals surface area contributed by atoms with Gasteiger partial charge in [-0.15, -0.1) is 0 Å². The summed E-state index contributed by atoms with van der Waals surface area (Å²) in [6.07, 6.45) is 1.03. The maximum absolute atomic E-state index is 11.9. The number of rotatable bonds is 4. The smallest absolute Gasteiger partial charge is 0.339 e. The Hall–Kier alpha value is -2.30. The highest BCUT2D eigenvalue weighted by molar-refractivity contribution is 6.32. The van der Waals surface area contributed by atoms with Gasteiger partial charge < -0.3 is 9.47 Å². The molecule has 0 fully saturated rings. The van der Waals surface area contributed by atoms with Crippen molar-refractivity contribution in [3.8, 4) is 11.5 Å². The molecule has 0 N–H and O–H groups in total. The number of para-hydroxylation sites is 2. The third-order valence-electron chi connectivity index (χ3n) is 2.74. The Balaban J connectivity index is 2.04. The summed E-state index contributed by atoms with van der Waals surface area (Å²) in [5.41, 5.74) is 0.0713. The molecule has 0 aromatic heterocycles. The molecule has 0 heterocycles. The van der Waals surface area contributed by atoms with Gasteiger partial charge in [0.05, 0.1) is 10.0 Å². The van der Waals surface area contributed by atoms with Gasteiger partial charge in [-0.25, -0.2) is 9.59 Å². The van der Waals surface area contributed by atoms with Crippen LogP contribution in [0.25, 0.3) is 0 Å². The van der Waals surface area contributed by atoms with Crippen LogP contribution in [0.1, 0.15) is 6.92 Å². The summed E-state index contributed by atoms with van der Waals surface area (Å²) >= 11 is 11.8. The highest BCUT2D eigenvalue weighted by atomic mass is 35.5. The lowest BCUT2D eigenvalue weighted by molar-refractivity contribution is -0.132.